The van der Waals surface area contributed by atoms with Gasteiger partial charge in [0.25, 0.3) is 0 Å². The number of hydrogen-bond donors (Lipinski definition) is 0. The Bertz CT molecular complexity index is 804. The van der Waals surface area contributed by atoms with Crippen molar-refractivity contribution in [2.24, 2.45) is 0 Å². The van der Waals surface area contributed by atoms with Crippen LogP contribution in [0.1, 0.15) is 29.8 Å². The fraction of sp³-hybridized carbons (Fsp3) is 0.333. The third kappa shape index (κ3) is 2.58. The second kappa shape index (κ2) is 5.92. The van der Waals surface area contributed by atoms with E-state index in [4.69, 9.17) is 11.6 Å². The molecule has 0 bridgehead atoms. The minimum atomic E-state index is -3.70. The van der Waals surface area contributed by atoms with Gasteiger partial charge in [-0.25, -0.2) is 12.8 Å². The number of halogens is 2. The molecule has 1 aliphatic heterocycles. The maximum absolute atomic E-state index is 13.3. The zero-order valence-corrected chi connectivity index (χ0v) is 14.3. The van der Waals surface area contributed by atoms with Crippen molar-refractivity contribution < 1.29 is 12.8 Å². The minimum absolute atomic E-state index is 0.0380. The van der Waals surface area contributed by atoms with Crippen LogP contribution in [-0.4, -0.2) is 19.3 Å². The van der Waals surface area contributed by atoms with Crippen molar-refractivity contribution in [3.8, 4) is 0 Å². The molecule has 3 rings (SSSR count). The van der Waals surface area contributed by atoms with Gasteiger partial charge in [-0.1, -0.05) is 18.5 Å². The van der Waals surface area contributed by atoms with Gasteiger partial charge in [-0.15, -0.1) is 11.3 Å². The third-order valence-corrected chi connectivity index (χ3v) is 7.12. The largest absolute Gasteiger partial charge is 0.243 e. The molecule has 2 aromatic rings. The maximum atomic E-state index is 13.3. The molecule has 0 saturated carbocycles. The number of rotatable bonds is 3. The highest BCUT2D eigenvalue weighted by molar-refractivity contribution is 7.89. The molecule has 0 aliphatic carbocycles. The van der Waals surface area contributed by atoms with Crippen molar-refractivity contribution in [1.29, 1.82) is 0 Å². The molecule has 118 valence electrons. The van der Waals surface area contributed by atoms with E-state index in [0.29, 0.717) is 19.4 Å². The van der Waals surface area contributed by atoms with E-state index in [1.165, 1.54) is 21.3 Å². The van der Waals surface area contributed by atoms with Gasteiger partial charge < -0.3 is 0 Å². The molecule has 0 fully saturated rings. The fourth-order valence-electron chi connectivity index (χ4n) is 2.86. The minimum Gasteiger partial charge on any atom is -0.207 e. The van der Waals surface area contributed by atoms with Crippen LogP contribution in [0, 0.1) is 5.82 Å². The Morgan fingerprint density at radius 2 is 2.18 bits per heavy atom. The maximum Gasteiger partial charge on any atom is 0.243 e. The first kappa shape index (κ1) is 15.9. The molecule has 0 N–H and O–H groups in total. The summed E-state index contributed by atoms with van der Waals surface area (Å²) in [6.07, 6.45) is 1.40. The average molecular weight is 360 g/mol. The molecule has 7 heteroatoms. The van der Waals surface area contributed by atoms with Crippen molar-refractivity contribution in [2.45, 2.75) is 30.7 Å². The molecule has 1 aromatic heterocycles. The van der Waals surface area contributed by atoms with Crippen molar-refractivity contribution >= 4 is 33.0 Å². The third-order valence-electron chi connectivity index (χ3n) is 3.93. The highest BCUT2D eigenvalue weighted by Crippen LogP contribution is 2.38. The smallest absolute Gasteiger partial charge is 0.207 e. The quantitative estimate of drug-likeness (QED) is 0.822. The molecule has 1 atom stereocenters. The first-order valence-electron chi connectivity index (χ1n) is 6.98. The lowest BCUT2D eigenvalue weighted by Crippen LogP contribution is -2.39. The molecular weight excluding hydrogens is 345 g/mol. The summed E-state index contributed by atoms with van der Waals surface area (Å²) in [5.41, 5.74) is 1.08. The van der Waals surface area contributed by atoms with Crippen LogP contribution in [0.2, 0.25) is 5.02 Å². The van der Waals surface area contributed by atoms with E-state index >= 15 is 0 Å². The van der Waals surface area contributed by atoms with Gasteiger partial charge >= 0.3 is 0 Å². The Balaban J connectivity index is 2.03. The van der Waals surface area contributed by atoms with Crippen LogP contribution < -0.4 is 0 Å². The summed E-state index contributed by atoms with van der Waals surface area (Å²) in [6.45, 7) is 2.40. The van der Waals surface area contributed by atoms with Crippen LogP contribution in [-0.2, 0) is 16.4 Å². The first-order chi connectivity index (χ1) is 10.4. The second-order valence-electron chi connectivity index (χ2n) is 5.16. The molecule has 1 aromatic carbocycles. The zero-order valence-electron chi connectivity index (χ0n) is 11.9. The fourth-order valence-corrected chi connectivity index (χ4v) is 5.74. The van der Waals surface area contributed by atoms with E-state index in [1.807, 2.05) is 18.4 Å². The molecule has 1 aliphatic rings. The Morgan fingerprint density at radius 3 is 2.86 bits per heavy atom. The number of fused-ring (bicyclic) bond motifs is 1. The summed E-state index contributed by atoms with van der Waals surface area (Å²) >= 11 is 7.40. The first-order valence-corrected chi connectivity index (χ1v) is 9.68. The molecular formula is C15H15ClFNO2S2. The van der Waals surface area contributed by atoms with Gasteiger partial charge in [0.15, 0.2) is 0 Å². The number of sulfonamides is 1. The molecule has 0 radical (unpaired) electrons. The van der Waals surface area contributed by atoms with Gasteiger partial charge in [0.05, 0.1) is 16.0 Å². The lowest BCUT2D eigenvalue weighted by atomic mass is 10.0. The Hall–Kier alpha value is -0.950. The van der Waals surface area contributed by atoms with Crippen LogP contribution in [0.5, 0.6) is 0 Å². The highest BCUT2D eigenvalue weighted by atomic mass is 35.5. The molecule has 0 spiro atoms. The zero-order chi connectivity index (χ0) is 15.9. The van der Waals surface area contributed by atoms with Crippen LogP contribution >= 0.6 is 22.9 Å². The van der Waals surface area contributed by atoms with Crippen molar-refractivity contribution in [3.63, 3.8) is 0 Å². The monoisotopic (exact) mass is 359 g/mol. The Kier molecular flexibility index (Phi) is 4.29. The van der Waals surface area contributed by atoms with Gasteiger partial charge in [0, 0.05) is 11.4 Å². The standard InChI is InChI=1S/C15H15ClFNO2S2/c1-2-14-11-6-8-21-15(11)5-7-18(14)22(19,20)10-3-4-13(17)12(16)9-10/h3-4,6,8-9,14H,2,5,7H2,1H3. The predicted octanol–water partition coefficient (Wildman–Crippen LogP) is 4.24. The topological polar surface area (TPSA) is 37.4 Å². The molecule has 22 heavy (non-hydrogen) atoms. The van der Waals surface area contributed by atoms with E-state index in [9.17, 15) is 12.8 Å². The van der Waals surface area contributed by atoms with E-state index in [1.54, 1.807) is 11.3 Å². The van der Waals surface area contributed by atoms with Gasteiger partial charge in [-0.05, 0) is 48.1 Å². The average Bonchev–Trinajstić information content (AvgIpc) is 2.97. The van der Waals surface area contributed by atoms with E-state index in [-0.39, 0.29) is 16.0 Å². The van der Waals surface area contributed by atoms with Crippen LogP contribution in [0.4, 0.5) is 4.39 Å². The van der Waals surface area contributed by atoms with Crippen molar-refractivity contribution in [2.75, 3.05) is 6.54 Å². The Labute approximate surface area is 138 Å². The molecule has 1 unspecified atom stereocenters. The summed E-state index contributed by atoms with van der Waals surface area (Å²) in [7, 11) is -3.70. The van der Waals surface area contributed by atoms with E-state index in [2.05, 4.69) is 0 Å². The van der Waals surface area contributed by atoms with E-state index in [0.717, 1.165) is 11.6 Å². The van der Waals surface area contributed by atoms with Crippen molar-refractivity contribution in [1.82, 2.24) is 4.31 Å². The van der Waals surface area contributed by atoms with Gasteiger partial charge in [0.2, 0.25) is 10.0 Å². The molecule has 3 nitrogen and oxygen atoms in total. The van der Waals surface area contributed by atoms with Gasteiger partial charge in [-0.3, -0.25) is 0 Å². The second-order valence-corrected chi connectivity index (χ2v) is 8.46. The lowest BCUT2D eigenvalue weighted by molar-refractivity contribution is 0.303. The van der Waals surface area contributed by atoms with E-state index < -0.39 is 15.8 Å². The lowest BCUT2D eigenvalue weighted by Gasteiger charge is -2.34. The number of benzene rings is 1. The predicted molar refractivity (Wildman–Crippen MR) is 86.4 cm³/mol. The summed E-state index contributed by atoms with van der Waals surface area (Å²) < 4.78 is 40.6. The summed E-state index contributed by atoms with van der Waals surface area (Å²) in [5, 5.41) is 1.82. The number of thiophene rings is 1. The number of hydrogen-bond acceptors (Lipinski definition) is 3. The Morgan fingerprint density at radius 1 is 1.41 bits per heavy atom. The van der Waals surface area contributed by atoms with Crippen molar-refractivity contribution in [3.05, 3.63) is 50.9 Å². The van der Waals surface area contributed by atoms with Crippen LogP contribution in [0.3, 0.4) is 0 Å². The van der Waals surface area contributed by atoms with Gasteiger partial charge in [0.1, 0.15) is 5.82 Å². The summed E-state index contributed by atoms with van der Waals surface area (Å²) in [6, 6.07) is 5.36. The normalized spacial score (nSPS) is 19.1. The van der Waals surface area contributed by atoms with Crippen LogP contribution in [0.25, 0.3) is 0 Å². The molecule has 0 saturated heterocycles. The SMILES string of the molecule is CCC1c2ccsc2CCN1S(=O)(=O)c1ccc(F)c(Cl)c1. The van der Waals surface area contributed by atoms with Gasteiger partial charge in [-0.2, -0.15) is 4.31 Å². The summed E-state index contributed by atoms with van der Waals surface area (Å²) in [4.78, 5) is 1.28. The highest BCUT2D eigenvalue weighted by Gasteiger charge is 2.36. The molecule has 0 amide bonds. The number of nitrogens with zero attached hydrogens (tertiary/aromatic N) is 1. The summed E-state index contributed by atoms with van der Waals surface area (Å²) in [5.74, 6) is -0.619. The molecule has 2 heterocycles. The van der Waals surface area contributed by atoms with Crippen LogP contribution in [0.15, 0.2) is 34.5 Å².